The number of likely N-dealkylation sites (tertiary alicyclic amines) is 2. The molecule has 2 amide bonds. The highest BCUT2D eigenvalue weighted by Gasteiger charge is 2.30. The fourth-order valence-corrected chi connectivity index (χ4v) is 4.42. The van der Waals surface area contributed by atoms with Crippen LogP contribution in [0.25, 0.3) is 0 Å². The van der Waals surface area contributed by atoms with Gasteiger partial charge < -0.3 is 10.2 Å². The van der Waals surface area contributed by atoms with E-state index in [9.17, 15) is 13.2 Å². The number of piperidine rings is 1. The Morgan fingerprint density at radius 3 is 2.67 bits per heavy atom. The molecule has 2 atom stereocenters. The van der Waals surface area contributed by atoms with Crippen molar-refractivity contribution >= 4 is 16.1 Å². The number of nitrogens with one attached hydrogen (secondary N) is 2. The van der Waals surface area contributed by atoms with Gasteiger partial charge in [0.05, 0.1) is 6.26 Å². The maximum atomic E-state index is 12.8. The summed E-state index contributed by atoms with van der Waals surface area (Å²) in [7, 11) is -3.25. The number of hydrogen-bond donors (Lipinski definition) is 2. The van der Waals surface area contributed by atoms with Crippen molar-refractivity contribution in [3.05, 3.63) is 35.9 Å². The van der Waals surface area contributed by atoms with Crippen LogP contribution >= 0.6 is 0 Å². The van der Waals surface area contributed by atoms with Gasteiger partial charge in [-0.1, -0.05) is 30.3 Å². The molecule has 27 heavy (non-hydrogen) atoms. The lowest BCUT2D eigenvalue weighted by Gasteiger charge is -2.36. The van der Waals surface area contributed by atoms with Crippen LogP contribution < -0.4 is 10.0 Å². The topological polar surface area (TPSA) is 81.8 Å². The van der Waals surface area contributed by atoms with Gasteiger partial charge >= 0.3 is 6.03 Å². The zero-order chi connectivity index (χ0) is 19.3. The molecule has 2 heterocycles. The minimum atomic E-state index is -3.25. The summed E-state index contributed by atoms with van der Waals surface area (Å²) in [5, 5.41) is 3.16. The van der Waals surface area contributed by atoms with Crippen LogP contribution in [0.1, 0.15) is 31.2 Å². The van der Waals surface area contributed by atoms with Crippen molar-refractivity contribution in [1.82, 2.24) is 19.8 Å². The number of carbonyl (C=O) groups is 1. The molecule has 0 aromatic heterocycles. The highest BCUT2D eigenvalue weighted by atomic mass is 32.2. The molecule has 0 unspecified atom stereocenters. The summed E-state index contributed by atoms with van der Waals surface area (Å²) in [6, 6.07) is 10.4. The van der Waals surface area contributed by atoms with Crippen LogP contribution in [0, 0.1) is 0 Å². The van der Waals surface area contributed by atoms with Gasteiger partial charge in [-0.3, -0.25) is 4.90 Å². The summed E-state index contributed by atoms with van der Waals surface area (Å²) < 4.78 is 25.3. The number of benzene rings is 1. The van der Waals surface area contributed by atoms with E-state index in [-0.39, 0.29) is 24.7 Å². The summed E-state index contributed by atoms with van der Waals surface area (Å²) in [5.74, 6) is 0. The summed E-state index contributed by atoms with van der Waals surface area (Å²) in [4.78, 5) is 16.9. The summed E-state index contributed by atoms with van der Waals surface area (Å²) in [6.45, 7) is 3.69. The maximum absolute atomic E-state index is 12.8. The molecule has 7 nitrogen and oxygen atoms in total. The van der Waals surface area contributed by atoms with Gasteiger partial charge in [0.2, 0.25) is 10.0 Å². The molecular formula is C19H30N4O3S. The van der Waals surface area contributed by atoms with Crippen molar-refractivity contribution < 1.29 is 13.2 Å². The Morgan fingerprint density at radius 2 is 1.93 bits per heavy atom. The average molecular weight is 395 g/mol. The van der Waals surface area contributed by atoms with Gasteiger partial charge in [0.1, 0.15) is 0 Å². The Hall–Kier alpha value is -1.64. The van der Waals surface area contributed by atoms with E-state index in [2.05, 4.69) is 27.1 Å². The predicted octanol–water partition coefficient (Wildman–Crippen LogP) is 1.37. The second kappa shape index (κ2) is 9.03. The Bertz CT molecular complexity index is 726. The van der Waals surface area contributed by atoms with Gasteiger partial charge in [-0.25, -0.2) is 17.9 Å². The third-order valence-electron chi connectivity index (χ3n) is 5.32. The highest BCUT2D eigenvalue weighted by Crippen LogP contribution is 2.18. The second-order valence-electron chi connectivity index (χ2n) is 7.62. The van der Waals surface area contributed by atoms with Gasteiger partial charge in [-0.2, -0.15) is 0 Å². The Labute approximate surface area is 162 Å². The number of rotatable bonds is 6. The average Bonchev–Trinajstić information content (AvgIpc) is 3.07. The Kier molecular flexibility index (Phi) is 6.73. The van der Waals surface area contributed by atoms with Crippen molar-refractivity contribution in [3.8, 4) is 0 Å². The predicted molar refractivity (Wildman–Crippen MR) is 106 cm³/mol. The summed E-state index contributed by atoms with van der Waals surface area (Å²) in [5.41, 5.74) is 1.28. The molecule has 0 bridgehead atoms. The molecule has 2 aliphatic rings. The first kappa shape index (κ1) is 20.1. The van der Waals surface area contributed by atoms with Crippen LogP contribution in [0.4, 0.5) is 4.79 Å². The van der Waals surface area contributed by atoms with E-state index in [1.54, 1.807) is 0 Å². The fraction of sp³-hybridized carbons (Fsp3) is 0.632. The largest absolute Gasteiger partial charge is 0.334 e. The van der Waals surface area contributed by atoms with Crippen molar-refractivity contribution in [2.45, 2.75) is 44.3 Å². The highest BCUT2D eigenvalue weighted by molar-refractivity contribution is 7.88. The van der Waals surface area contributed by atoms with Gasteiger partial charge in [0.15, 0.2) is 0 Å². The third kappa shape index (κ3) is 6.19. The SMILES string of the molecule is CS(=O)(=O)NC[C@H]1CCCCN1C(=O)N[C@@H]1CCN(Cc2ccccc2)C1. The normalized spacial score (nSPS) is 24.1. The molecule has 0 spiro atoms. The van der Waals surface area contributed by atoms with Crippen LogP contribution in [0.15, 0.2) is 30.3 Å². The molecule has 2 aliphatic heterocycles. The Balaban J connectivity index is 1.50. The van der Waals surface area contributed by atoms with Gasteiger partial charge in [0.25, 0.3) is 0 Å². The quantitative estimate of drug-likeness (QED) is 0.764. The number of amides is 2. The molecule has 0 aliphatic carbocycles. The molecule has 150 valence electrons. The van der Waals surface area contributed by atoms with Gasteiger partial charge in [-0.15, -0.1) is 0 Å². The molecule has 1 aromatic rings. The van der Waals surface area contributed by atoms with E-state index in [4.69, 9.17) is 0 Å². The zero-order valence-electron chi connectivity index (χ0n) is 15.9. The molecule has 2 saturated heterocycles. The van der Waals surface area contributed by atoms with Crippen LogP contribution in [-0.2, 0) is 16.6 Å². The second-order valence-corrected chi connectivity index (χ2v) is 9.45. The molecule has 3 rings (SSSR count). The number of urea groups is 1. The number of hydrogen-bond acceptors (Lipinski definition) is 4. The van der Waals surface area contributed by atoms with Crippen LogP contribution in [-0.4, -0.2) is 68.8 Å². The van der Waals surface area contributed by atoms with Gasteiger partial charge in [-0.05, 0) is 31.2 Å². The molecule has 0 radical (unpaired) electrons. The first-order chi connectivity index (χ1) is 12.9. The molecule has 2 N–H and O–H groups in total. The van der Waals surface area contributed by atoms with E-state index in [1.807, 2.05) is 23.1 Å². The number of sulfonamides is 1. The molecule has 1 aromatic carbocycles. The van der Waals surface area contributed by atoms with Crippen LogP contribution in [0.3, 0.4) is 0 Å². The lowest BCUT2D eigenvalue weighted by Crippen LogP contribution is -2.54. The van der Waals surface area contributed by atoms with Crippen LogP contribution in [0.5, 0.6) is 0 Å². The third-order valence-corrected chi connectivity index (χ3v) is 6.01. The number of carbonyl (C=O) groups excluding carboxylic acids is 1. The first-order valence-electron chi connectivity index (χ1n) is 9.69. The van der Waals surface area contributed by atoms with Gasteiger partial charge in [0, 0.05) is 44.8 Å². The van der Waals surface area contributed by atoms with Crippen molar-refractivity contribution in [3.63, 3.8) is 0 Å². The lowest BCUT2D eigenvalue weighted by atomic mass is 10.0. The standard InChI is InChI=1S/C19H30N4O3S/c1-27(25,26)20-13-18-9-5-6-11-23(18)19(24)21-17-10-12-22(15-17)14-16-7-3-2-4-8-16/h2-4,7-8,17-18,20H,5-6,9-15H2,1H3,(H,21,24)/t17-,18-/m1/s1. The van der Waals surface area contributed by atoms with Crippen molar-refractivity contribution in [1.29, 1.82) is 0 Å². The number of nitrogens with zero attached hydrogens (tertiary/aromatic N) is 2. The zero-order valence-corrected chi connectivity index (χ0v) is 16.7. The summed E-state index contributed by atoms with van der Waals surface area (Å²) in [6.07, 6.45) is 4.92. The van der Waals surface area contributed by atoms with Crippen molar-refractivity contribution in [2.75, 3.05) is 32.4 Å². The monoisotopic (exact) mass is 394 g/mol. The fourth-order valence-electron chi connectivity index (χ4n) is 3.92. The lowest BCUT2D eigenvalue weighted by molar-refractivity contribution is 0.149. The van der Waals surface area contributed by atoms with E-state index in [0.29, 0.717) is 6.54 Å². The molecule has 0 saturated carbocycles. The van der Waals surface area contributed by atoms with E-state index >= 15 is 0 Å². The minimum Gasteiger partial charge on any atom is -0.334 e. The maximum Gasteiger partial charge on any atom is 0.317 e. The first-order valence-corrected chi connectivity index (χ1v) is 11.6. The molecule has 8 heteroatoms. The minimum absolute atomic E-state index is 0.0680. The molecule has 2 fully saturated rings. The molecular weight excluding hydrogens is 364 g/mol. The Morgan fingerprint density at radius 1 is 1.15 bits per heavy atom. The van der Waals surface area contributed by atoms with Crippen LogP contribution in [0.2, 0.25) is 0 Å². The van der Waals surface area contributed by atoms with E-state index in [1.165, 1.54) is 5.56 Å². The summed E-state index contributed by atoms with van der Waals surface area (Å²) >= 11 is 0. The smallest absolute Gasteiger partial charge is 0.317 e. The van der Waals surface area contributed by atoms with Crippen molar-refractivity contribution in [2.24, 2.45) is 0 Å². The van der Waals surface area contributed by atoms with E-state index in [0.717, 1.165) is 51.6 Å². The van der Waals surface area contributed by atoms with E-state index < -0.39 is 10.0 Å².